The van der Waals surface area contributed by atoms with Crippen molar-refractivity contribution in [3.63, 3.8) is 0 Å². The monoisotopic (exact) mass is 291 g/mol. The SMILES string of the molecule is CCCOC(=O)c1ccc(COCC2CCNCC2)cc1. The Balaban J connectivity index is 1.72. The molecule has 21 heavy (non-hydrogen) atoms. The molecule has 4 nitrogen and oxygen atoms in total. The summed E-state index contributed by atoms with van der Waals surface area (Å²) >= 11 is 0. The van der Waals surface area contributed by atoms with E-state index < -0.39 is 0 Å². The summed E-state index contributed by atoms with van der Waals surface area (Å²) < 4.78 is 10.9. The third-order valence-electron chi connectivity index (χ3n) is 3.71. The van der Waals surface area contributed by atoms with Gasteiger partial charge < -0.3 is 14.8 Å². The number of nitrogens with one attached hydrogen (secondary N) is 1. The Kier molecular flexibility index (Phi) is 6.70. The molecule has 1 aromatic carbocycles. The highest BCUT2D eigenvalue weighted by Gasteiger charge is 2.13. The van der Waals surface area contributed by atoms with Gasteiger partial charge in [-0.3, -0.25) is 0 Å². The Morgan fingerprint density at radius 1 is 1.24 bits per heavy atom. The van der Waals surface area contributed by atoms with Gasteiger partial charge in [-0.1, -0.05) is 19.1 Å². The van der Waals surface area contributed by atoms with Crippen LogP contribution in [0.3, 0.4) is 0 Å². The molecule has 0 atom stereocenters. The van der Waals surface area contributed by atoms with Crippen LogP contribution in [0.1, 0.15) is 42.1 Å². The van der Waals surface area contributed by atoms with Gasteiger partial charge in [-0.25, -0.2) is 4.79 Å². The molecule has 1 aliphatic rings. The van der Waals surface area contributed by atoms with E-state index in [9.17, 15) is 4.79 Å². The Morgan fingerprint density at radius 2 is 1.95 bits per heavy atom. The van der Waals surface area contributed by atoms with Crippen molar-refractivity contribution < 1.29 is 14.3 Å². The highest BCUT2D eigenvalue weighted by Crippen LogP contribution is 2.13. The number of carbonyl (C=O) groups excluding carboxylic acids is 1. The first-order chi connectivity index (χ1) is 10.3. The molecule has 1 fully saturated rings. The van der Waals surface area contributed by atoms with Crippen molar-refractivity contribution >= 4 is 5.97 Å². The van der Waals surface area contributed by atoms with Gasteiger partial charge in [0, 0.05) is 6.61 Å². The molecule has 0 unspecified atom stereocenters. The molecule has 0 saturated carbocycles. The molecule has 1 heterocycles. The number of benzene rings is 1. The van der Waals surface area contributed by atoms with Crippen LogP contribution in [0.25, 0.3) is 0 Å². The number of hydrogen-bond acceptors (Lipinski definition) is 4. The van der Waals surface area contributed by atoms with Gasteiger partial charge in [-0.15, -0.1) is 0 Å². The van der Waals surface area contributed by atoms with E-state index in [4.69, 9.17) is 9.47 Å². The summed E-state index contributed by atoms with van der Waals surface area (Å²) in [6.45, 7) is 6.08. The maximum atomic E-state index is 11.7. The van der Waals surface area contributed by atoms with Crippen LogP contribution < -0.4 is 5.32 Å². The average Bonchev–Trinajstić information content (AvgIpc) is 2.54. The smallest absolute Gasteiger partial charge is 0.338 e. The molecule has 0 aromatic heterocycles. The van der Waals surface area contributed by atoms with Gasteiger partial charge in [0.1, 0.15) is 0 Å². The van der Waals surface area contributed by atoms with E-state index in [2.05, 4.69) is 5.32 Å². The maximum Gasteiger partial charge on any atom is 0.338 e. The molecule has 0 radical (unpaired) electrons. The summed E-state index contributed by atoms with van der Waals surface area (Å²) in [5, 5.41) is 3.35. The fourth-order valence-electron chi connectivity index (χ4n) is 2.41. The van der Waals surface area contributed by atoms with Crippen molar-refractivity contribution in [3.8, 4) is 0 Å². The predicted molar refractivity (Wildman–Crippen MR) is 82.3 cm³/mol. The molecule has 4 heteroatoms. The summed E-state index contributed by atoms with van der Waals surface area (Å²) in [5.41, 5.74) is 1.70. The zero-order chi connectivity index (χ0) is 14.9. The van der Waals surface area contributed by atoms with Crippen LogP contribution in [-0.2, 0) is 16.1 Å². The molecule has 0 amide bonds. The molecule has 0 aliphatic carbocycles. The van der Waals surface area contributed by atoms with Crippen LogP contribution in [0.5, 0.6) is 0 Å². The fourth-order valence-corrected chi connectivity index (χ4v) is 2.41. The van der Waals surface area contributed by atoms with Gasteiger partial charge in [0.15, 0.2) is 0 Å². The van der Waals surface area contributed by atoms with Crippen molar-refractivity contribution in [1.29, 1.82) is 0 Å². The average molecular weight is 291 g/mol. The topological polar surface area (TPSA) is 47.6 Å². The Bertz CT molecular complexity index is 424. The largest absolute Gasteiger partial charge is 0.462 e. The van der Waals surface area contributed by atoms with E-state index in [-0.39, 0.29) is 5.97 Å². The molecule has 1 aromatic rings. The zero-order valence-electron chi connectivity index (χ0n) is 12.8. The summed E-state index contributed by atoms with van der Waals surface area (Å²) in [7, 11) is 0. The summed E-state index contributed by atoms with van der Waals surface area (Å²) in [6, 6.07) is 7.48. The van der Waals surface area contributed by atoms with E-state index in [1.807, 2.05) is 19.1 Å². The zero-order valence-corrected chi connectivity index (χ0v) is 12.8. The number of esters is 1. The van der Waals surface area contributed by atoms with Crippen molar-refractivity contribution in [2.45, 2.75) is 32.8 Å². The Labute approximate surface area is 126 Å². The number of piperidine rings is 1. The van der Waals surface area contributed by atoms with E-state index >= 15 is 0 Å². The fraction of sp³-hybridized carbons (Fsp3) is 0.588. The van der Waals surface area contributed by atoms with Gasteiger partial charge in [0.2, 0.25) is 0 Å². The van der Waals surface area contributed by atoms with E-state index in [1.165, 1.54) is 12.8 Å². The Hall–Kier alpha value is -1.39. The molecule has 2 rings (SSSR count). The van der Waals surface area contributed by atoms with Crippen molar-refractivity contribution in [1.82, 2.24) is 5.32 Å². The molecule has 1 saturated heterocycles. The van der Waals surface area contributed by atoms with Gasteiger partial charge in [0.25, 0.3) is 0 Å². The first-order valence-electron chi connectivity index (χ1n) is 7.84. The normalized spacial score (nSPS) is 15.9. The second-order valence-corrected chi connectivity index (χ2v) is 5.54. The third-order valence-corrected chi connectivity index (χ3v) is 3.71. The van der Waals surface area contributed by atoms with E-state index in [0.717, 1.165) is 31.7 Å². The van der Waals surface area contributed by atoms with Gasteiger partial charge in [-0.05, 0) is 56.0 Å². The number of rotatable bonds is 7. The standard InChI is InChI=1S/C17H25NO3/c1-2-11-21-17(19)16-5-3-14(4-6-16)12-20-13-15-7-9-18-10-8-15/h3-6,15,18H,2,7-13H2,1H3. The lowest BCUT2D eigenvalue weighted by Gasteiger charge is -2.22. The summed E-state index contributed by atoms with van der Waals surface area (Å²) in [5.74, 6) is 0.425. The van der Waals surface area contributed by atoms with Crippen LogP contribution in [-0.4, -0.2) is 32.3 Å². The number of ether oxygens (including phenoxy) is 2. The third kappa shape index (κ3) is 5.48. The number of hydrogen-bond donors (Lipinski definition) is 1. The van der Waals surface area contributed by atoms with E-state index in [0.29, 0.717) is 24.7 Å². The van der Waals surface area contributed by atoms with Crippen molar-refractivity contribution in [2.75, 3.05) is 26.3 Å². The van der Waals surface area contributed by atoms with Crippen LogP contribution in [0.4, 0.5) is 0 Å². The van der Waals surface area contributed by atoms with Crippen molar-refractivity contribution in [3.05, 3.63) is 35.4 Å². The summed E-state index contributed by atoms with van der Waals surface area (Å²) in [6.07, 6.45) is 3.23. The van der Waals surface area contributed by atoms with Crippen LogP contribution in [0.2, 0.25) is 0 Å². The lowest BCUT2D eigenvalue weighted by atomic mass is 9.99. The minimum absolute atomic E-state index is 0.251. The molecular weight excluding hydrogens is 266 g/mol. The minimum atomic E-state index is -0.251. The lowest BCUT2D eigenvalue weighted by molar-refractivity contribution is 0.0504. The number of carbonyl (C=O) groups is 1. The van der Waals surface area contributed by atoms with Crippen molar-refractivity contribution in [2.24, 2.45) is 5.92 Å². The van der Waals surface area contributed by atoms with Gasteiger partial charge >= 0.3 is 5.97 Å². The second-order valence-electron chi connectivity index (χ2n) is 5.54. The van der Waals surface area contributed by atoms with Crippen LogP contribution >= 0.6 is 0 Å². The predicted octanol–water partition coefficient (Wildman–Crippen LogP) is 2.77. The molecule has 0 bridgehead atoms. The first kappa shape index (κ1) is 16.0. The Morgan fingerprint density at radius 3 is 2.62 bits per heavy atom. The highest BCUT2D eigenvalue weighted by atomic mass is 16.5. The maximum absolute atomic E-state index is 11.7. The first-order valence-corrected chi connectivity index (χ1v) is 7.84. The molecule has 0 spiro atoms. The second kappa shape index (κ2) is 8.80. The molecule has 1 aliphatic heterocycles. The van der Waals surface area contributed by atoms with E-state index in [1.54, 1.807) is 12.1 Å². The molecule has 1 N–H and O–H groups in total. The highest BCUT2D eigenvalue weighted by molar-refractivity contribution is 5.89. The summed E-state index contributed by atoms with van der Waals surface area (Å²) in [4.78, 5) is 11.7. The van der Waals surface area contributed by atoms with Crippen LogP contribution in [0.15, 0.2) is 24.3 Å². The lowest BCUT2D eigenvalue weighted by Crippen LogP contribution is -2.29. The minimum Gasteiger partial charge on any atom is -0.462 e. The molecule has 116 valence electrons. The quantitative estimate of drug-likeness (QED) is 0.785. The van der Waals surface area contributed by atoms with Crippen LogP contribution in [0, 0.1) is 5.92 Å². The van der Waals surface area contributed by atoms with Gasteiger partial charge in [0.05, 0.1) is 18.8 Å². The van der Waals surface area contributed by atoms with Gasteiger partial charge in [-0.2, -0.15) is 0 Å². The molecular formula is C17H25NO3.